The molecule has 0 unspecified atom stereocenters. The van der Waals surface area contributed by atoms with Gasteiger partial charge in [0, 0.05) is 12.2 Å². The number of hydrogen-bond acceptors (Lipinski definition) is 3. The smallest absolute Gasteiger partial charge is 0.333 e. The highest BCUT2D eigenvalue weighted by molar-refractivity contribution is 5.86. The molecule has 0 bridgehead atoms. The van der Waals surface area contributed by atoms with E-state index >= 15 is 0 Å². The van der Waals surface area contributed by atoms with Gasteiger partial charge in [0.25, 0.3) is 0 Å². The second-order valence-electron chi connectivity index (χ2n) is 2.35. The largest absolute Gasteiger partial charge is 0.462 e. The minimum absolute atomic E-state index is 0. The van der Waals surface area contributed by atoms with Gasteiger partial charge in [-0.25, -0.2) is 4.79 Å². The molecule has 0 aliphatic rings. The van der Waals surface area contributed by atoms with E-state index in [9.17, 15) is 4.79 Å². The number of unbranched alkanes of at least 4 members (excludes halogenated alkanes) is 1. The standard InChI is InChI=1S/C8H14O3.CH3/c1-7(2)8(10)11-6-4-3-5-9;/h9H,1,3-6H2,2H3;1H3. The highest BCUT2D eigenvalue weighted by Crippen LogP contribution is 1.94. The molecular formula is C9H17O3. The van der Waals surface area contributed by atoms with Gasteiger partial charge in [-0.1, -0.05) is 14.0 Å². The first-order valence-electron chi connectivity index (χ1n) is 3.62. The molecular weight excluding hydrogens is 156 g/mol. The van der Waals surface area contributed by atoms with E-state index in [1.165, 1.54) is 0 Å². The molecule has 0 saturated carbocycles. The first-order valence-corrected chi connectivity index (χ1v) is 3.62. The van der Waals surface area contributed by atoms with E-state index < -0.39 is 0 Å². The molecule has 0 saturated heterocycles. The lowest BCUT2D eigenvalue weighted by Gasteiger charge is -2.01. The fourth-order valence-electron chi connectivity index (χ4n) is 0.502. The van der Waals surface area contributed by atoms with E-state index in [-0.39, 0.29) is 20.0 Å². The quantitative estimate of drug-likeness (QED) is 0.387. The lowest BCUT2D eigenvalue weighted by atomic mass is 10.3. The maximum atomic E-state index is 10.7. The number of esters is 1. The maximum Gasteiger partial charge on any atom is 0.333 e. The van der Waals surface area contributed by atoms with E-state index in [1.807, 2.05) is 0 Å². The van der Waals surface area contributed by atoms with Gasteiger partial charge in [0.1, 0.15) is 0 Å². The molecule has 0 aromatic carbocycles. The van der Waals surface area contributed by atoms with Gasteiger partial charge >= 0.3 is 5.97 Å². The molecule has 12 heavy (non-hydrogen) atoms. The topological polar surface area (TPSA) is 46.5 Å². The average molecular weight is 173 g/mol. The Bertz CT molecular complexity index is 141. The summed E-state index contributed by atoms with van der Waals surface area (Å²) in [4.78, 5) is 10.7. The third-order valence-electron chi connectivity index (χ3n) is 1.13. The fraction of sp³-hybridized carbons (Fsp3) is 0.556. The van der Waals surface area contributed by atoms with Crippen LogP contribution in [-0.4, -0.2) is 24.3 Å². The maximum absolute atomic E-state index is 10.7. The molecule has 1 radical (unpaired) electrons. The van der Waals surface area contributed by atoms with Crippen molar-refractivity contribution in [3.8, 4) is 0 Å². The summed E-state index contributed by atoms with van der Waals surface area (Å²) in [5, 5.41) is 8.38. The lowest BCUT2D eigenvalue weighted by molar-refractivity contribution is -0.139. The van der Waals surface area contributed by atoms with Gasteiger partial charge in [0.15, 0.2) is 0 Å². The molecule has 0 aromatic rings. The minimum Gasteiger partial charge on any atom is -0.462 e. The minimum atomic E-state index is -0.358. The zero-order valence-electron chi connectivity index (χ0n) is 7.80. The van der Waals surface area contributed by atoms with Crippen molar-refractivity contribution in [2.45, 2.75) is 19.8 Å². The van der Waals surface area contributed by atoms with Crippen LogP contribution in [0.3, 0.4) is 0 Å². The molecule has 0 aromatic heterocycles. The first kappa shape index (κ1) is 13.7. The predicted octanol–water partition coefficient (Wildman–Crippen LogP) is 1.33. The van der Waals surface area contributed by atoms with Gasteiger partial charge in [-0.3, -0.25) is 0 Å². The normalized spacial score (nSPS) is 8.50. The van der Waals surface area contributed by atoms with Crippen LogP contribution in [0.25, 0.3) is 0 Å². The van der Waals surface area contributed by atoms with Crippen LogP contribution in [0.5, 0.6) is 0 Å². The molecule has 3 nitrogen and oxygen atoms in total. The van der Waals surface area contributed by atoms with E-state index in [2.05, 4.69) is 6.58 Å². The molecule has 0 aliphatic carbocycles. The molecule has 71 valence electrons. The van der Waals surface area contributed by atoms with Gasteiger partial charge in [0.05, 0.1) is 6.61 Å². The van der Waals surface area contributed by atoms with Crippen molar-refractivity contribution in [3.05, 3.63) is 19.6 Å². The Morgan fingerprint density at radius 3 is 2.50 bits per heavy atom. The molecule has 0 fully saturated rings. The zero-order valence-corrected chi connectivity index (χ0v) is 7.80. The monoisotopic (exact) mass is 173 g/mol. The third kappa shape index (κ3) is 7.28. The Balaban J connectivity index is 0. The summed E-state index contributed by atoms with van der Waals surface area (Å²) in [6.07, 6.45) is 1.37. The molecule has 1 N–H and O–H groups in total. The SMILES string of the molecule is C=C(C)C(=O)OCCCCO.[CH3]. The highest BCUT2D eigenvalue weighted by atomic mass is 16.5. The third-order valence-corrected chi connectivity index (χ3v) is 1.13. The van der Waals surface area contributed by atoms with Crippen LogP contribution in [0.15, 0.2) is 12.2 Å². The van der Waals surface area contributed by atoms with Gasteiger partial charge in [-0.15, -0.1) is 0 Å². The number of rotatable bonds is 5. The fourth-order valence-corrected chi connectivity index (χ4v) is 0.502. The molecule has 0 amide bonds. The molecule has 3 heteroatoms. The van der Waals surface area contributed by atoms with Crippen molar-refractivity contribution >= 4 is 5.97 Å². The second-order valence-corrected chi connectivity index (χ2v) is 2.35. The highest BCUT2D eigenvalue weighted by Gasteiger charge is 2.00. The van der Waals surface area contributed by atoms with E-state index in [0.29, 0.717) is 25.0 Å². The summed E-state index contributed by atoms with van der Waals surface area (Å²) >= 11 is 0. The van der Waals surface area contributed by atoms with Crippen LogP contribution in [0.2, 0.25) is 0 Å². The van der Waals surface area contributed by atoms with E-state index in [1.54, 1.807) is 6.92 Å². The van der Waals surface area contributed by atoms with Crippen LogP contribution in [-0.2, 0) is 9.53 Å². The van der Waals surface area contributed by atoms with Gasteiger partial charge < -0.3 is 9.84 Å². The van der Waals surface area contributed by atoms with Crippen LogP contribution in [0.1, 0.15) is 19.8 Å². The van der Waals surface area contributed by atoms with E-state index in [4.69, 9.17) is 9.84 Å². The Kier molecular flexibility index (Phi) is 9.47. The van der Waals surface area contributed by atoms with Crippen molar-refractivity contribution in [2.75, 3.05) is 13.2 Å². The number of aliphatic hydroxyl groups is 1. The predicted molar refractivity (Wildman–Crippen MR) is 48.5 cm³/mol. The summed E-state index contributed by atoms with van der Waals surface area (Å²) in [6.45, 7) is 5.55. The van der Waals surface area contributed by atoms with Crippen molar-refractivity contribution < 1.29 is 14.6 Å². The summed E-state index contributed by atoms with van der Waals surface area (Å²) in [6, 6.07) is 0. The van der Waals surface area contributed by atoms with Gasteiger partial charge in [-0.05, 0) is 19.8 Å². The Labute approximate surface area is 74.0 Å². The molecule has 0 spiro atoms. The second kappa shape index (κ2) is 8.27. The average Bonchev–Trinajstić information content (AvgIpc) is 1.97. The van der Waals surface area contributed by atoms with Gasteiger partial charge in [-0.2, -0.15) is 0 Å². The van der Waals surface area contributed by atoms with Crippen LogP contribution in [0, 0.1) is 7.43 Å². The number of carbonyl (C=O) groups is 1. The number of aliphatic hydroxyl groups excluding tert-OH is 1. The van der Waals surface area contributed by atoms with Gasteiger partial charge in [0.2, 0.25) is 0 Å². The number of hydrogen-bond donors (Lipinski definition) is 1. The first-order chi connectivity index (χ1) is 5.18. The van der Waals surface area contributed by atoms with Crippen molar-refractivity contribution in [1.29, 1.82) is 0 Å². The molecule has 0 aliphatic heterocycles. The van der Waals surface area contributed by atoms with Crippen molar-refractivity contribution in [1.82, 2.24) is 0 Å². The summed E-state index contributed by atoms with van der Waals surface area (Å²) in [5.74, 6) is -0.358. The molecule has 0 heterocycles. The number of carbonyl (C=O) groups excluding carboxylic acids is 1. The Morgan fingerprint density at radius 1 is 1.50 bits per heavy atom. The Morgan fingerprint density at radius 2 is 2.08 bits per heavy atom. The van der Waals surface area contributed by atoms with Crippen LogP contribution in [0.4, 0.5) is 0 Å². The van der Waals surface area contributed by atoms with Crippen LogP contribution < -0.4 is 0 Å². The Hall–Kier alpha value is -0.830. The van der Waals surface area contributed by atoms with Crippen molar-refractivity contribution in [2.24, 2.45) is 0 Å². The number of ether oxygens (including phenoxy) is 1. The summed E-state index contributed by atoms with van der Waals surface area (Å²) in [7, 11) is 0. The summed E-state index contributed by atoms with van der Waals surface area (Å²) in [5.41, 5.74) is 0.411. The molecule has 0 atom stereocenters. The molecule has 0 rings (SSSR count). The van der Waals surface area contributed by atoms with Crippen molar-refractivity contribution in [3.63, 3.8) is 0 Å². The van der Waals surface area contributed by atoms with E-state index in [0.717, 1.165) is 0 Å². The summed E-state index contributed by atoms with van der Waals surface area (Å²) < 4.78 is 4.76. The lowest BCUT2D eigenvalue weighted by Crippen LogP contribution is -2.06. The van der Waals surface area contributed by atoms with Crippen LogP contribution >= 0.6 is 0 Å². The zero-order chi connectivity index (χ0) is 8.69.